The Kier molecular flexibility index (Phi) is 4.97. The molecule has 2 aromatic carbocycles. The van der Waals surface area contributed by atoms with Crippen LogP contribution in [0.5, 0.6) is 5.75 Å². The van der Waals surface area contributed by atoms with Crippen molar-refractivity contribution in [1.82, 2.24) is 0 Å². The van der Waals surface area contributed by atoms with E-state index < -0.39 is 0 Å². The van der Waals surface area contributed by atoms with Crippen LogP contribution in [0.15, 0.2) is 48.5 Å². The molecule has 1 N–H and O–H groups in total. The first-order valence-corrected chi connectivity index (χ1v) is 9.74. The van der Waals surface area contributed by atoms with Gasteiger partial charge < -0.3 is 9.84 Å². The largest absolute Gasteiger partial charge is 0.508 e. The fraction of sp³-hybridized carbons (Fsp3) is 0.350. The first-order valence-electron chi connectivity index (χ1n) is 8.18. The van der Waals surface area contributed by atoms with Crippen molar-refractivity contribution in [3.05, 3.63) is 54.1 Å². The molecule has 1 fully saturated rings. The number of Topliss-reactive ketones (excluding diaryl/α,β-unsaturated/α-hetero) is 1. The van der Waals surface area contributed by atoms with Crippen molar-refractivity contribution in [1.29, 1.82) is 0 Å². The Balaban J connectivity index is 1.79. The molecule has 0 saturated carbocycles. The molecule has 1 heterocycles. The van der Waals surface area contributed by atoms with Crippen LogP contribution in [-0.2, 0) is 15.6 Å². The van der Waals surface area contributed by atoms with E-state index in [0.29, 0.717) is 0 Å². The number of benzene rings is 2. The minimum Gasteiger partial charge on any atom is -0.508 e. The molecule has 1 aliphatic rings. The van der Waals surface area contributed by atoms with Gasteiger partial charge in [-0.1, -0.05) is 36.4 Å². The molecule has 0 amide bonds. The fourth-order valence-electron chi connectivity index (χ4n) is 2.98. The van der Waals surface area contributed by atoms with E-state index >= 15 is 0 Å². The summed E-state index contributed by atoms with van der Waals surface area (Å²) in [7, 11) is 0.0681. The molecule has 0 aliphatic carbocycles. The molecule has 2 aromatic rings. The molecule has 0 spiro atoms. The highest BCUT2D eigenvalue weighted by atomic mass is 32.2. The van der Waals surface area contributed by atoms with Gasteiger partial charge in [0.1, 0.15) is 17.3 Å². The quantitative estimate of drug-likeness (QED) is 0.680. The van der Waals surface area contributed by atoms with Crippen LogP contribution < -0.4 is 0 Å². The first-order chi connectivity index (χ1) is 11.5. The second-order valence-electron chi connectivity index (χ2n) is 6.48. The van der Waals surface area contributed by atoms with Gasteiger partial charge in [0.2, 0.25) is 5.78 Å². The third-order valence-corrected chi connectivity index (χ3v) is 7.51. The maximum absolute atomic E-state index is 13.0. The molecule has 24 heavy (non-hydrogen) atoms. The number of rotatable bonds is 4. The number of carbonyl (C=O) groups excluding carboxylic acids is 1. The monoisotopic (exact) mass is 343 g/mol. The number of carbonyl (C=O) groups is 1. The number of phenols is 1. The standard InChI is InChI=1S/C20H22O3S/c1-20(2,24-13-11-23-12-14-24)19(22)17-5-3-15(4-6-17)16-7-9-18(21)10-8-16/h3-10H,11-14H2,1-2H3/p+1. The summed E-state index contributed by atoms with van der Waals surface area (Å²) < 4.78 is 5.09. The third-order valence-electron chi connectivity index (χ3n) is 4.56. The van der Waals surface area contributed by atoms with Crippen molar-refractivity contribution < 1.29 is 14.6 Å². The number of hydrogen-bond acceptors (Lipinski definition) is 3. The van der Waals surface area contributed by atoms with E-state index in [1.165, 1.54) is 0 Å². The molecule has 4 heteroatoms. The lowest BCUT2D eigenvalue weighted by Crippen LogP contribution is -2.47. The topological polar surface area (TPSA) is 46.5 Å². The maximum Gasteiger partial charge on any atom is 0.217 e. The fourth-order valence-corrected chi connectivity index (χ4v) is 5.22. The molecular weight excluding hydrogens is 320 g/mol. The van der Waals surface area contributed by atoms with Crippen molar-refractivity contribution in [2.45, 2.75) is 18.6 Å². The van der Waals surface area contributed by atoms with Gasteiger partial charge in [-0.05, 0) is 37.1 Å². The predicted octanol–water partition coefficient (Wildman–Crippen LogP) is 3.67. The molecule has 3 rings (SSSR count). The van der Waals surface area contributed by atoms with Crippen LogP contribution in [0.25, 0.3) is 11.1 Å². The summed E-state index contributed by atoms with van der Waals surface area (Å²) in [4.78, 5) is 13.0. The summed E-state index contributed by atoms with van der Waals surface area (Å²) in [6, 6.07) is 14.9. The van der Waals surface area contributed by atoms with Gasteiger partial charge in [-0.15, -0.1) is 0 Å². The average molecular weight is 343 g/mol. The van der Waals surface area contributed by atoms with Crippen molar-refractivity contribution >= 4 is 16.7 Å². The smallest absolute Gasteiger partial charge is 0.217 e. The molecule has 3 nitrogen and oxygen atoms in total. The first kappa shape index (κ1) is 17.1. The normalized spacial score (nSPS) is 16.1. The van der Waals surface area contributed by atoms with Gasteiger partial charge in [-0.3, -0.25) is 4.79 Å². The summed E-state index contributed by atoms with van der Waals surface area (Å²) >= 11 is 0. The van der Waals surface area contributed by atoms with E-state index in [9.17, 15) is 9.90 Å². The van der Waals surface area contributed by atoms with Crippen molar-refractivity contribution in [3.8, 4) is 16.9 Å². The van der Waals surface area contributed by atoms with Crippen LogP contribution in [0.1, 0.15) is 24.2 Å². The molecular formula is C20H23O3S+. The molecule has 0 bridgehead atoms. The van der Waals surface area contributed by atoms with E-state index in [2.05, 4.69) is 13.8 Å². The van der Waals surface area contributed by atoms with Crippen molar-refractivity contribution in [3.63, 3.8) is 0 Å². The van der Waals surface area contributed by atoms with Crippen molar-refractivity contribution in [2.24, 2.45) is 0 Å². The van der Waals surface area contributed by atoms with E-state index in [1.807, 2.05) is 36.4 Å². The lowest BCUT2D eigenvalue weighted by Gasteiger charge is -2.27. The van der Waals surface area contributed by atoms with Gasteiger partial charge in [0, 0.05) is 16.5 Å². The Morgan fingerprint density at radius 2 is 1.46 bits per heavy atom. The second kappa shape index (κ2) is 6.99. The molecule has 1 saturated heterocycles. The summed E-state index contributed by atoms with van der Waals surface area (Å²) in [5, 5.41) is 9.38. The van der Waals surface area contributed by atoms with Crippen molar-refractivity contribution in [2.75, 3.05) is 24.7 Å². The highest BCUT2D eigenvalue weighted by Gasteiger charge is 2.46. The maximum atomic E-state index is 13.0. The van der Waals surface area contributed by atoms with Gasteiger partial charge in [0.25, 0.3) is 0 Å². The van der Waals surface area contributed by atoms with Crippen LogP contribution in [0, 0.1) is 0 Å². The Labute approximate surface area is 146 Å². The Morgan fingerprint density at radius 1 is 0.958 bits per heavy atom. The van der Waals surface area contributed by atoms with Gasteiger partial charge >= 0.3 is 0 Å². The average Bonchev–Trinajstić information content (AvgIpc) is 2.62. The van der Waals surface area contributed by atoms with E-state index in [4.69, 9.17) is 4.74 Å². The van der Waals surface area contributed by atoms with Crippen LogP contribution in [0.4, 0.5) is 0 Å². The minimum atomic E-state index is -0.343. The van der Waals surface area contributed by atoms with Gasteiger partial charge in [0.15, 0.2) is 4.75 Å². The van der Waals surface area contributed by atoms with E-state index in [1.54, 1.807) is 12.1 Å². The number of hydrogen-bond donors (Lipinski definition) is 1. The number of phenolic OH excluding ortho intramolecular Hbond substituents is 1. The van der Waals surface area contributed by atoms with Gasteiger partial charge in [-0.2, -0.15) is 0 Å². The highest BCUT2D eigenvalue weighted by Crippen LogP contribution is 2.28. The van der Waals surface area contributed by atoms with Crippen LogP contribution >= 0.6 is 0 Å². The molecule has 0 radical (unpaired) electrons. The molecule has 0 aromatic heterocycles. The third kappa shape index (κ3) is 3.50. The lowest BCUT2D eigenvalue weighted by atomic mass is 9.97. The van der Waals surface area contributed by atoms with E-state index in [0.717, 1.165) is 41.4 Å². The van der Waals surface area contributed by atoms with Gasteiger partial charge in [0.05, 0.1) is 13.2 Å². The minimum absolute atomic E-state index is 0.0681. The SMILES string of the molecule is CC(C)(C(=O)c1ccc(-c2ccc(O)cc2)cc1)[S+]1CCOCC1. The second-order valence-corrected chi connectivity index (χ2v) is 9.30. The highest BCUT2D eigenvalue weighted by molar-refractivity contribution is 7.99. The molecule has 0 atom stereocenters. The zero-order chi connectivity index (χ0) is 17.2. The summed E-state index contributed by atoms with van der Waals surface area (Å²) in [5.41, 5.74) is 2.83. The van der Waals surface area contributed by atoms with E-state index in [-0.39, 0.29) is 27.2 Å². The Bertz CT molecular complexity index is 699. The molecule has 1 aliphatic heterocycles. The zero-order valence-electron chi connectivity index (χ0n) is 14.1. The zero-order valence-corrected chi connectivity index (χ0v) is 14.9. The molecule has 126 valence electrons. The summed E-state index contributed by atoms with van der Waals surface area (Å²) in [6.45, 7) is 5.66. The van der Waals surface area contributed by atoms with Gasteiger partial charge in [-0.25, -0.2) is 0 Å². The summed E-state index contributed by atoms with van der Waals surface area (Å²) in [6.07, 6.45) is 0. The lowest BCUT2D eigenvalue weighted by molar-refractivity contribution is 0.0954. The van der Waals surface area contributed by atoms with Crippen LogP contribution in [0.3, 0.4) is 0 Å². The number of aromatic hydroxyl groups is 1. The summed E-state index contributed by atoms with van der Waals surface area (Å²) in [5.74, 6) is 2.42. The molecule has 0 unspecified atom stereocenters. The number of ether oxygens (including phenoxy) is 1. The van der Waals surface area contributed by atoms with Crippen LogP contribution in [-0.4, -0.2) is 40.4 Å². The Morgan fingerprint density at radius 3 is 2.00 bits per heavy atom. The van der Waals surface area contributed by atoms with Crippen LogP contribution in [0.2, 0.25) is 0 Å². The Hall–Kier alpha value is -1.78. The number of ketones is 1. The predicted molar refractivity (Wildman–Crippen MR) is 99.9 cm³/mol.